The minimum Gasteiger partial charge on any atom is -0.464 e. The van der Waals surface area contributed by atoms with Gasteiger partial charge in [-0.2, -0.15) is 0 Å². The van der Waals surface area contributed by atoms with Gasteiger partial charge in [0.25, 0.3) is 0 Å². The van der Waals surface area contributed by atoms with Crippen LogP contribution >= 0.6 is 0 Å². The van der Waals surface area contributed by atoms with E-state index in [9.17, 15) is 5.11 Å². The molecule has 2 saturated heterocycles. The van der Waals surface area contributed by atoms with Crippen molar-refractivity contribution in [2.24, 2.45) is 11.8 Å². The third-order valence-electron chi connectivity index (χ3n) is 6.62. The number of furan rings is 1. The number of nitrogens with zero attached hydrogens (tertiary/aromatic N) is 2. The molecule has 1 aromatic heterocycles. The van der Waals surface area contributed by atoms with E-state index in [4.69, 9.17) is 9.15 Å². The number of benzene rings is 1. The maximum absolute atomic E-state index is 10.7. The zero-order chi connectivity index (χ0) is 17.5. The molecule has 4 atom stereocenters. The molecule has 1 aliphatic carbocycles. The molecule has 0 amide bonds. The maximum atomic E-state index is 10.7. The molecule has 2 aromatic rings. The van der Waals surface area contributed by atoms with Gasteiger partial charge in [0.15, 0.2) is 0 Å². The van der Waals surface area contributed by atoms with Crippen molar-refractivity contribution < 1.29 is 14.3 Å². The van der Waals surface area contributed by atoms with Crippen LogP contribution in [0.2, 0.25) is 0 Å². The first-order chi connectivity index (χ1) is 12.8. The first kappa shape index (κ1) is 16.8. The second kappa shape index (κ2) is 6.97. The van der Waals surface area contributed by atoms with E-state index in [1.165, 1.54) is 10.9 Å². The normalized spacial score (nSPS) is 33.6. The van der Waals surface area contributed by atoms with E-state index in [0.717, 1.165) is 64.4 Å². The molecular weight excluding hydrogens is 328 g/mol. The molecule has 3 aliphatic rings. The summed E-state index contributed by atoms with van der Waals surface area (Å²) in [7, 11) is 0. The highest BCUT2D eigenvalue weighted by molar-refractivity contribution is 5.77. The van der Waals surface area contributed by atoms with Crippen molar-refractivity contribution >= 4 is 11.0 Å². The summed E-state index contributed by atoms with van der Waals surface area (Å²) in [4.78, 5) is 5.03. The monoisotopic (exact) mass is 356 g/mol. The zero-order valence-corrected chi connectivity index (χ0v) is 15.2. The van der Waals surface area contributed by atoms with Crippen LogP contribution in [0.25, 0.3) is 11.0 Å². The minimum absolute atomic E-state index is 0.184. The Bertz CT molecular complexity index is 755. The maximum Gasteiger partial charge on any atom is 0.133 e. The van der Waals surface area contributed by atoms with E-state index in [0.29, 0.717) is 17.9 Å². The van der Waals surface area contributed by atoms with Crippen LogP contribution in [0.5, 0.6) is 0 Å². The number of fused-ring (bicyclic) bond motifs is 2. The van der Waals surface area contributed by atoms with Gasteiger partial charge >= 0.3 is 0 Å². The van der Waals surface area contributed by atoms with E-state index < -0.39 is 0 Å². The highest BCUT2D eigenvalue weighted by Gasteiger charge is 2.43. The van der Waals surface area contributed by atoms with Gasteiger partial charge in [-0.3, -0.25) is 9.80 Å². The van der Waals surface area contributed by atoms with Gasteiger partial charge in [-0.05, 0) is 48.4 Å². The Kier molecular flexibility index (Phi) is 4.49. The number of aliphatic hydroxyl groups excluding tert-OH is 1. The van der Waals surface area contributed by atoms with Crippen LogP contribution in [0.4, 0.5) is 0 Å². The molecule has 0 bridgehead atoms. The molecule has 5 heteroatoms. The second-order valence-corrected chi connectivity index (χ2v) is 8.26. The SMILES string of the molecule is O[C@@H]1C[C@H]2CN(Cc3ccc4occc4c3)C[C@H]2C[C@H]1N1CCOCC1. The van der Waals surface area contributed by atoms with E-state index in [1.807, 2.05) is 6.07 Å². The number of likely N-dealkylation sites (tertiary alicyclic amines) is 1. The van der Waals surface area contributed by atoms with Gasteiger partial charge in [-0.15, -0.1) is 0 Å². The number of hydrogen-bond donors (Lipinski definition) is 1. The second-order valence-electron chi connectivity index (χ2n) is 8.26. The Balaban J connectivity index is 1.24. The number of rotatable bonds is 3. The minimum atomic E-state index is -0.184. The van der Waals surface area contributed by atoms with E-state index in [2.05, 4.69) is 28.0 Å². The van der Waals surface area contributed by atoms with E-state index >= 15 is 0 Å². The van der Waals surface area contributed by atoms with Crippen LogP contribution in [0, 0.1) is 11.8 Å². The molecule has 1 aromatic carbocycles. The fourth-order valence-corrected chi connectivity index (χ4v) is 5.31. The average Bonchev–Trinajstić information content (AvgIpc) is 3.27. The lowest BCUT2D eigenvalue weighted by molar-refractivity contribution is -0.0520. The molecule has 140 valence electrons. The summed E-state index contributed by atoms with van der Waals surface area (Å²) in [6.45, 7) is 6.80. The summed E-state index contributed by atoms with van der Waals surface area (Å²) in [5.74, 6) is 1.35. The van der Waals surface area contributed by atoms with Gasteiger partial charge in [0.1, 0.15) is 5.58 Å². The Morgan fingerprint density at radius 1 is 1.04 bits per heavy atom. The van der Waals surface area contributed by atoms with Crippen LogP contribution in [0.3, 0.4) is 0 Å². The molecule has 26 heavy (non-hydrogen) atoms. The topological polar surface area (TPSA) is 49.1 Å². The predicted octanol–water partition coefficient (Wildman–Crippen LogP) is 2.34. The lowest BCUT2D eigenvalue weighted by atomic mass is 9.77. The number of ether oxygens (including phenoxy) is 1. The third kappa shape index (κ3) is 3.18. The molecule has 0 spiro atoms. The van der Waals surface area contributed by atoms with Crippen molar-refractivity contribution in [3.05, 3.63) is 36.1 Å². The molecular formula is C21H28N2O3. The number of aliphatic hydroxyl groups is 1. The Hall–Kier alpha value is -1.40. The lowest BCUT2D eigenvalue weighted by Crippen LogP contribution is -2.53. The summed E-state index contributed by atoms with van der Waals surface area (Å²) < 4.78 is 10.9. The number of hydrogen-bond acceptors (Lipinski definition) is 5. The summed E-state index contributed by atoms with van der Waals surface area (Å²) in [5, 5.41) is 11.9. The Morgan fingerprint density at radius 2 is 1.85 bits per heavy atom. The van der Waals surface area contributed by atoms with Gasteiger partial charge < -0.3 is 14.3 Å². The van der Waals surface area contributed by atoms with Crippen LogP contribution in [-0.4, -0.2) is 66.4 Å². The summed E-state index contributed by atoms with van der Waals surface area (Å²) >= 11 is 0. The molecule has 5 rings (SSSR count). The van der Waals surface area contributed by atoms with E-state index in [-0.39, 0.29) is 6.10 Å². The fourth-order valence-electron chi connectivity index (χ4n) is 5.31. The predicted molar refractivity (Wildman–Crippen MR) is 99.9 cm³/mol. The van der Waals surface area contributed by atoms with E-state index in [1.54, 1.807) is 6.26 Å². The molecule has 0 radical (unpaired) electrons. The zero-order valence-electron chi connectivity index (χ0n) is 15.2. The smallest absolute Gasteiger partial charge is 0.133 e. The van der Waals surface area contributed by atoms with Gasteiger partial charge in [-0.25, -0.2) is 0 Å². The first-order valence-corrected chi connectivity index (χ1v) is 9.94. The molecule has 2 aliphatic heterocycles. The van der Waals surface area contributed by atoms with Crippen molar-refractivity contribution in [2.45, 2.75) is 31.5 Å². The van der Waals surface area contributed by atoms with Crippen molar-refractivity contribution in [1.82, 2.24) is 9.80 Å². The lowest BCUT2D eigenvalue weighted by Gasteiger charge is -2.43. The largest absolute Gasteiger partial charge is 0.464 e. The molecule has 3 heterocycles. The average molecular weight is 356 g/mol. The van der Waals surface area contributed by atoms with Crippen LogP contribution in [0.1, 0.15) is 18.4 Å². The quantitative estimate of drug-likeness (QED) is 0.915. The molecule has 3 fully saturated rings. The highest BCUT2D eigenvalue weighted by Crippen LogP contribution is 2.39. The summed E-state index contributed by atoms with van der Waals surface area (Å²) in [6, 6.07) is 8.85. The number of morpholine rings is 1. The van der Waals surface area contributed by atoms with Crippen LogP contribution in [0.15, 0.2) is 34.9 Å². The van der Waals surface area contributed by atoms with Crippen molar-refractivity contribution in [2.75, 3.05) is 39.4 Å². The van der Waals surface area contributed by atoms with Crippen molar-refractivity contribution in [3.63, 3.8) is 0 Å². The molecule has 1 saturated carbocycles. The van der Waals surface area contributed by atoms with Gasteiger partial charge in [0, 0.05) is 44.2 Å². The molecule has 5 nitrogen and oxygen atoms in total. The molecule has 0 unspecified atom stereocenters. The standard InChI is InChI=1S/C21H28N2O3/c24-20-11-18-14-22(12-15-1-2-21-16(9-15)3-6-26-21)13-17(18)10-19(20)23-4-7-25-8-5-23/h1-3,6,9,17-20,24H,4-5,7-8,10-14H2/t17-,18+,19-,20-/m1/s1. The summed E-state index contributed by atoms with van der Waals surface area (Å²) in [6.07, 6.45) is 3.65. The highest BCUT2D eigenvalue weighted by atomic mass is 16.5. The first-order valence-electron chi connectivity index (χ1n) is 9.94. The Morgan fingerprint density at radius 3 is 2.69 bits per heavy atom. The van der Waals surface area contributed by atoms with Gasteiger partial charge in [-0.1, -0.05) is 6.07 Å². The van der Waals surface area contributed by atoms with Crippen molar-refractivity contribution in [3.8, 4) is 0 Å². The van der Waals surface area contributed by atoms with Crippen LogP contribution < -0.4 is 0 Å². The van der Waals surface area contributed by atoms with Crippen molar-refractivity contribution in [1.29, 1.82) is 0 Å². The summed E-state index contributed by atoms with van der Waals surface area (Å²) in [5.41, 5.74) is 2.31. The Labute approximate surface area is 154 Å². The fraction of sp³-hybridized carbons (Fsp3) is 0.619. The third-order valence-corrected chi connectivity index (χ3v) is 6.62. The molecule has 1 N–H and O–H groups in total. The van der Waals surface area contributed by atoms with Gasteiger partial charge in [0.05, 0.1) is 25.6 Å². The van der Waals surface area contributed by atoms with Crippen LogP contribution in [-0.2, 0) is 11.3 Å². The van der Waals surface area contributed by atoms with Gasteiger partial charge in [0.2, 0.25) is 0 Å².